The van der Waals surface area contributed by atoms with Crippen LogP contribution in [-0.4, -0.2) is 25.5 Å². The van der Waals surface area contributed by atoms with Crippen molar-refractivity contribution in [2.45, 2.75) is 44.5 Å². The van der Waals surface area contributed by atoms with E-state index in [9.17, 15) is 4.39 Å². The Balaban J connectivity index is 1.73. The summed E-state index contributed by atoms with van der Waals surface area (Å²) in [5, 5.41) is 0. The fraction of sp³-hybridized carbons (Fsp3) is 0.600. The zero-order valence-electron chi connectivity index (χ0n) is 10.7. The third-order valence-electron chi connectivity index (χ3n) is 3.36. The van der Waals surface area contributed by atoms with E-state index in [1.807, 2.05) is 18.2 Å². The minimum atomic E-state index is -0.291. The summed E-state index contributed by atoms with van der Waals surface area (Å²) in [5.74, 6) is 0. The molecule has 2 nitrogen and oxygen atoms in total. The van der Waals surface area contributed by atoms with Gasteiger partial charge >= 0.3 is 0 Å². The zero-order chi connectivity index (χ0) is 12.6. The Morgan fingerprint density at radius 2 is 2.00 bits per heavy atom. The third kappa shape index (κ3) is 4.39. The zero-order valence-corrected chi connectivity index (χ0v) is 10.7. The fourth-order valence-electron chi connectivity index (χ4n) is 2.27. The van der Waals surface area contributed by atoms with Crippen LogP contribution < -0.4 is 0 Å². The molecule has 0 radical (unpaired) electrons. The fourth-order valence-corrected chi connectivity index (χ4v) is 2.27. The summed E-state index contributed by atoms with van der Waals surface area (Å²) < 4.78 is 23.8. The third-order valence-corrected chi connectivity index (χ3v) is 3.36. The molecular formula is C15H21FO2. The van der Waals surface area contributed by atoms with Gasteiger partial charge in [-0.1, -0.05) is 30.3 Å². The average molecular weight is 252 g/mol. The smallest absolute Gasteiger partial charge is 0.0919 e. The van der Waals surface area contributed by atoms with Crippen LogP contribution >= 0.6 is 0 Å². The Morgan fingerprint density at radius 1 is 1.17 bits per heavy atom. The van der Waals surface area contributed by atoms with Crippen LogP contribution in [0, 0.1) is 0 Å². The minimum Gasteiger partial charge on any atom is -0.378 e. The lowest BCUT2D eigenvalue weighted by Crippen LogP contribution is -2.13. The molecule has 18 heavy (non-hydrogen) atoms. The largest absolute Gasteiger partial charge is 0.378 e. The maximum absolute atomic E-state index is 12.3. The van der Waals surface area contributed by atoms with Crippen LogP contribution in [0.2, 0.25) is 0 Å². The van der Waals surface area contributed by atoms with E-state index in [2.05, 4.69) is 12.1 Å². The second-order valence-corrected chi connectivity index (χ2v) is 4.76. The highest BCUT2D eigenvalue weighted by Crippen LogP contribution is 2.19. The SMILES string of the molecule is FCCC1CCC(OCc2ccccc2)CCO1. The predicted octanol–water partition coefficient (Wildman–Crippen LogP) is 3.50. The van der Waals surface area contributed by atoms with E-state index in [1.54, 1.807) is 0 Å². The maximum atomic E-state index is 12.3. The van der Waals surface area contributed by atoms with Crippen molar-refractivity contribution in [2.24, 2.45) is 0 Å². The first-order valence-electron chi connectivity index (χ1n) is 6.71. The number of hydrogen-bond donors (Lipinski definition) is 0. The van der Waals surface area contributed by atoms with Gasteiger partial charge in [-0.05, 0) is 24.8 Å². The van der Waals surface area contributed by atoms with Crippen LogP contribution in [0.5, 0.6) is 0 Å². The van der Waals surface area contributed by atoms with Crippen molar-refractivity contribution >= 4 is 0 Å². The number of hydrogen-bond acceptors (Lipinski definition) is 2. The first-order valence-corrected chi connectivity index (χ1v) is 6.71. The molecule has 0 aliphatic carbocycles. The van der Waals surface area contributed by atoms with Gasteiger partial charge in [-0.15, -0.1) is 0 Å². The second kappa shape index (κ2) is 7.49. The molecule has 100 valence electrons. The number of ether oxygens (including phenoxy) is 2. The van der Waals surface area contributed by atoms with Crippen LogP contribution in [0.1, 0.15) is 31.2 Å². The van der Waals surface area contributed by atoms with Crippen molar-refractivity contribution in [3.63, 3.8) is 0 Å². The van der Waals surface area contributed by atoms with Gasteiger partial charge in [-0.25, -0.2) is 0 Å². The molecule has 2 rings (SSSR count). The molecule has 0 spiro atoms. The first-order chi connectivity index (χ1) is 8.88. The summed E-state index contributed by atoms with van der Waals surface area (Å²) in [4.78, 5) is 0. The molecule has 0 amide bonds. The summed E-state index contributed by atoms with van der Waals surface area (Å²) in [6.45, 7) is 1.05. The molecular weight excluding hydrogens is 231 g/mol. The van der Waals surface area contributed by atoms with Gasteiger partial charge in [0.2, 0.25) is 0 Å². The van der Waals surface area contributed by atoms with Crippen molar-refractivity contribution < 1.29 is 13.9 Å². The van der Waals surface area contributed by atoms with Crippen molar-refractivity contribution in [3.8, 4) is 0 Å². The number of alkyl halides is 1. The van der Waals surface area contributed by atoms with Crippen molar-refractivity contribution in [2.75, 3.05) is 13.3 Å². The van der Waals surface area contributed by atoms with E-state index < -0.39 is 0 Å². The molecule has 0 aromatic heterocycles. The number of rotatable bonds is 5. The molecule has 1 aromatic carbocycles. The van der Waals surface area contributed by atoms with E-state index in [0.29, 0.717) is 19.6 Å². The Kier molecular flexibility index (Phi) is 5.62. The van der Waals surface area contributed by atoms with Gasteiger partial charge in [0.25, 0.3) is 0 Å². The second-order valence-electron chi connectivity index (χ2n) is 4.76. The topological polar surface area (TPSA) is 18.5 Å². The van der Waals surface area contributed by atoms with E-state index in [0.717, 1.165) is 19.3 Å². The van der Waals surface area contributed by atoms with Gasteiger partial charge in [-0.3, -0.25) is 4.39 Å². The van der Waals surface area contributed by atoms with Gasteiger partial charge in [0, 0.05) is 13.0 Å². The first kappa shape index (κ1) is 13.5. The molecule has 0 bridgehead atoms. The number of halogens is 1. The minimum absolute atomic E-state index is 0.0836. The van der Waals surface area contributed by atoms with Crippen LogP contribution in [0.3, 0.4) is 0 Å². The Morgan fingerprint density at radius 3 is 2.78 bits per heavy atom. The maximum Gasteiger partial charge on any atom is 0.0919 e. The van der Waals surface area contributed by atoms with Gasteiger partial charge in [0.1, 0.15) is 0 Å². The van der Waals surface area contributed by atoms with E-state index >= 15 is 0 Å². The van der Waals surface area contributed by atoms with Gasteiger partial charge < -0.3 is 9.47 Å². The molecule has 1 heterocycles. The van der Waals surface area contributed by atoms with Crippen molar-refractivity contribution in [3.05, 3.63) is 35.9 Å². The van der Waals surface area contributed by atoms with Gasteiger partial charge in [0.05, 0.1) is 25.5 Å². The van der Waals surface area contributed by atoms with Crippen LogP contribution in [0.25, 0.3) is 0 Å². The van der Waals surface area contributed by atoms with E-state index in [-0.39, 0.29) is 18.9 Å². The Labute approximate surface area is 108 Å². The molecule has 1 aliphatic heterocycles. The number of benzene rings is 1. The highest BCUT2D eigenvalue weighted by Gasteiger charge is 2.19. The summed E-state index contributed by atoms with van der Waals surface area (Å²) in [5.41, 5.74) is 1.20. The monoisotopic (exact) mass is 252 g/mol. The lowest BCUT2D eigenvalue weighted by molar-refractivity contribution is 0.0203. The molecule has 0 N–H and O–H groups in total. The van der Waals surface area contributed by atoms with Gasteiger partial charge in [0.15, 0.2) is 0 Å². The van der Waals surface area contributed by atoms with Crippen LogP contribution in [0.15, 0.2) is 30.3 Å². The van der Waals surface area contributed by atoms with Gasteiger partial charge in [-0.2, -0.15) is 0 Å². The highest BCUT2D eigenvalue weighted by molar-refractivity contribution is 5.13. The molecule has 1 fully saturated rings. The lowest BCUT2D eigenvalue weighted by atomic mass is 10.1. The standard InChI is InChI=1S/C15H21FO2/c16-10-8-14-6-7-15(9-11-17-14)18-12-13-4-2-1-3-5-13/h1-5,14-15H,6-12H2. The molecule has 1 saturated heterocycles. The summed E-state index contributed by atoms with van der Waals surface area (Å²) in [6, 6.07) is 10.2. The lowest BCUT2D eigenvalue weighted by Gasteiger charge is -2.15. The van der Waals surface area contributed by atoms with E-state index in [4.69, 9.17) is 9.47 Å². The summed E-state index contributed by atoms with van der Waals surface area (Å²) >= 11 is 0. The molecule has 3 heteroatoms. The van der Waals surface area contributed by atoms with Crippen LogP contribution in [-0.2, 0) is 16.1 Å². The Bertz CT molecular complexity index is 329. The molecule has 0 saturated carbocycles. The summed E-state index contributed by atoms with van der Waals surface area (Å²) in [6.07, 6.45) is 3.64. The molecule has 2 unspecified atom stereocenters. The quantitative estimate of drug-likeness (QED) is 0.798. The van der Waals surface area contributed by atoms with Crippen molar-refractivity contribution in [1.29, 1.82) is 0 Å². The normalized spacial score (nSPS) is 24.7. The summed E-state index contributed by atoms with van der Waals surface area (Å²) in [7, 11) is 0. The Hall–Kier alpha value is -0.930. The molecule has 1 aliphatic rings. The predicted molar refractivity (Wildman–Crippen MR) is 69.2 cm³/mol. The highest BCUT2D eigenvalue weighted by atomic mass is 19.1. The average Bonchev–Trinajstić information content (AvgIpc) is 2.64. The van der Waals surface area contributed by atoms with E-state index in [1.165, 1.54) is 5.56 Å². The molecule has 2 atom stereocenters. The molecule has 1 aromatic rings. The van der Waals surface area contributed by atoms with Crippen molar-refractivity contribution in [1.82, 2.24) is 0 Å². The van der Waals surface area contributed by atoms with Crippen LogP contribution in [0.4, 0.5) is 4.39 Å².